The monoisotopic (exact) mass is 305 g/mol. The maximum absolute atomic E-state index is 11.0. The fraction of sp³-hybridized carbons (Fsp3) is 0.143. The lowest BCUT2D eigenvalue weighted by Crippen LogP contribution is -1.93. The zero-order chi connectivity index (χ0) is 13.3. The Balaban J connectivity index is 2.66. The highest BCUT2D eigenvalue weighted by molar-refractivity contribution is 9.10. The lowest BCUT2D eigenvalue weighted by atomic mass is 9.99. The van der Waals surface area contributed by atoms with Gasteiger partial charge >= 0.3 is 0 Å². The van der Waals surface area contributed by atoms with Crippen LogP contribution in [0.1, 0.15) is 11.1 Å². The van der Waals surface area contributed by atoms with Gasteiger partial charge in [0.2, 0.25) is 0 Å². The first-order valence-corrected chi connectivity index (χ1v) is 6.30. The van der Waals surface area contributed by atoms with E-state index in [1.54, 1.807) is 12.1 Å². The fourth-order valence-electron chi connectivity index (χ4n) is 1.98. The van der Waals surface area contributed by atoms with Crippen LogP contribution in [0, 0.1) is 24.0 Å². The molecule has 2 aromatic carbocycles. The van der Waals surface area contributed by atoms with Gasteiger partial charge < -0.3 is 0 Å². The van der Waals surface area contributed by atoms with Gasteiger partial charge in [-0.05, 0) is 36.6 Å². The number of nitrogens with zero attached hydrogens (tertiary/aromatic N) is 1. The molecule has 0 fully saturated rings. The average molecular weight is 306 g/mol. The van der Waals surface area contributed by atoms with Crippen molar-refractivity contribution in [2.45, 2.75) is 13.8 Å². The number of para-hydroxylation sites is 1. The molecule has 0 saturated carbocycles. The lowest BCUT2D eigenvalue weighted by molar-refractivity contribution is -0.384. The second kappa shape index (κ2) is 4.90. The summed E-state index contributed by atoms with van der Waals surface area (Å²) in [5.74, 6) is 0. The zero-order valence-electron chi connectivity index (χ0n) is 10.1. The van der Waals surface area contributed by atoms with Crippen molar-refractivity contribution >= 4 is 21.6 Å². The van der Waals surface area contributed by atoms with Gasteiger partial charge in [-0.2, -0.15) is 0 Å². The van der Waals surface area contributed by atoms with Crippen molar-refractivity contribution in [2.75, 3.05) is 0 Å². The topological polar surface area (TPSA) is 43.1 Å². The predicted octanol–water partition coefficient (Wildman–Crippen LogP) is 4.64. The third kappa shape index (κ3) is 2.29. The molecule has 92 valence electrons. The molecule has 0 aromatic heterocycles. The largest absolute Gasteiger partial charge is 0.277 e. The molecule has 0 aliphatic rings. The number of hydrogen-bond acceptors (Lipinski definition) is 2. The van der Waals surface area contributed by atoms with E-state index in [2.05, 4.69) is 15.9 Å². The summed E-state index contributed by atoms with van der Waals surface area (Å²) in [5.41, 5.74) is 3.81. The van der Waals surface area contributed by atoms with E-state index in [-0.39, 0.29) is 10.6 Å². The van der Waals surface area contributed by atoms with Crippen LogP contribution < -0.4 is 0 Å². The van der Waals surface area contributed by atoms with Crippen LogP contribution in [0.15, 0.2) is 40.9 Å². The number of benzene rings is 2. The fourth-order valence-corrected chi connectivity index (χ4v) is 2.21. The molecule has 0 radical (unpaired) electrons. The molecule has 0 unspecified atom stereocenters. The molecule has 0 spiro atoms. The van der Waals surface area contributed by atoms with E-state index in [9.17, 15) is 10.1 Å². The molecule has 0 bridgehead atoms. The van der Waals surface area contributed by atoms with Gasteiger partial charge in [-0.15, -0.1) is 0 Å². The Morgan fingerprint density at radius 1 is 1.11 bits per heavy atom. The first kappa shape index (κ1) is 12.8. The van der Waals surface area contributed by atoms with Crippen molar-refractivity contribution in [3.63, 3.8) is 0 Å². The van der Waals surface area contributed by atoms with Crippen LogP contribution in [-0.4, -0.2) is 4.92 Å². The van der Waals surface area contributed by atoms with Gasteiger partial charge in [0.25, 0.3) is 5.69 Å². The van der Waals surface area contributed by atoms with Gasteiger partial charge in [0.15, 0.2) is 0 Å². The Kier molecular flexibility index (Phi) is 3.48. The van der Waals surface area contributed by atoms with E-state index < -0.39 is 0 Å². The molecular weight excluding hydrogens is 294 g/mol. The van der Waals surface area contributed by atoms with Gasteiger partial charge in [0, 0.05) is 10.5 Å². The highest BCUT2D eigenvalue weighted by atomic mass is 79.9. The molecule has 0 heterocycles. The van der Waals surface area contributed by atoms with Crippen LogP contribution in [0.2, 0.25) is 0 Å². The molecule has 0 N–H and O–H groups in total. The van der Waals surface area contributed by atoms with Crippen LogP contribution in [0.3, 0.4) is 0 Å². The standard InChI is InChI=1S/C14H12BrNO2/c1-9-7-11(8-10(2)14(9)15)12-5-3-4-6-13(12)16(17)18/h3-8H,1-2H3. The van der Waals surface area contributed by atoms with E-state index in [0.717, 1.165) is 21.2 Å². The van der Waals surface area contributed by atoms with Crippen molar-refractivity contribution in [1.29, 1.82) is 0 Å². The van der Waals surface area contributed by atoms with E-state index >= 15 is 0 Å². The van der Waals surface area contributed by atoms with Crippen LogP contribution in [0.4, 0.5) is 5.69 Å². The Bertz CT molecular complexity index is 600. The molecule has 0 amide bonds. The minimum atomic E-state index is -0.345. The van der Waals surface area contributed by atoms with Crippen LogP contribution >= 0.6 is 15.9 Å². The molecule has 2 rings (SSSR count). The minimum absolute atomic E-state index is 0.138. The summed E-state index contributed by atoms with van der Waals surface area (Å²) in [6.07, 6.45) is 0. The van der Waals surface area contributed by atoms with Gasteiger partial charge in [0.05, 0.1) is 10.5 Å². The van der Waals surface area contributed by atoms with Crippen molar-refractivity contribution in [2.24, 2.45) is 0 Å². The minimum Gasteiger partial charge on any atom is -0.258 e. The molecule has 18 heavy (non-hydrogen) atoms. The number of halogens is 1. The Morgan fingerprint density at radius 3 is 2.22 bits per heavy atom. The lowest BCUT2D eigenvalue weighted by Gasteiger charge is -2.08. The third-order valence-electron chi connectivity index (χ3n) is 2.85. The molecule has 0 aliphatic heterocycles. The van der Waals surface area contributed by atoms with E-state index in [4.69, 9.17) is 0 Å². The van der Waals surface area contributed by atoms with E-state index in [1.165, 1.54) is 6.07 Å². The first-order valence-electron chi connectivity index (χ1n) is 5.51. The smallest absolute Gasteiger partial charge is 0.258 e. The Morgan fingerprint density at radius 2 is 1.67 bits per heavy atom. The van der Waals surface area contributed by atoms with Gasteiger partial charge in [-0.1, -0.05) is 40.2 Å². The summed E-state index contributed by atoms with van der Waals surface area (Å²) >= 11 is 3.50. The summed E-state index contributed by atoms with van der Waals surface area (Å²) in [6, 6.07) is 10.7. The van der Waals surface area contributed by atoms with Crippen molar-refractivity contribution in [3.05, 3.63) is 62.1 Å². The highest BCUT2D eigenvalue weighted by Gasteiger charge is 2.15. The first-order chi connectivity index (χ1) is 8.50. The maximum Gasteiger partial charge on any atom is 0.277 e. The second-order valence-corrected chi connectivity index (χ2v) is 4.99. The number of nitro benzene ring substituents is 1. The average Bonchev–Trinajstić information content (AvgIpc) is 2.35. The summed E-state index contributed by atoms with van der Waals surface area (Å²) in [5, 5.41) is 11.0. The zero-order valence-corrected chi connectivity index (χ0v) is 11.7. The summed E-state index contributed by atoms with van der Waals surface area (Å²) in [6.45, 7) is 3.96. The van der Waals surface area contributed by atoms with E-state index in [0.29, 0.717) is 5.56 Å². The van der Waals surface area contributed by atoms with Crippen molar-refractivity contribution in [1.82, 2.24) is 0 Å². The summed E-state index contributed by atoms with van der Waals surface area (Å²) in [4.78, 5) is 10.7. The van der Waals surface area contributed by atoms with Crippen LogP contribution in [0.5, 0.6) is 0 Å². The number of hydrogen-bond donors (Lipinski definition) is 0. The molecule has 0 saturated heterocycles. The van der Waals surface area contributed by atoms with Crippen LogP contribution in [-0.2, 0) is 0 Å². The number of aryl methyl sites for hydroxylation is 2. The predicted molar refractivity (Wildman–Crippen MR) is 75.7 cm³/mol. The maximum atomic E-state index is 11.0. The molecule has 0 atom stereocenters. The van der Waals surface area contributed by atoms with Gasteiger partial charge in [-0.3, -0.25) is 10.1 Å². The molecular formula is C14H12BrNO2. The van der Waals surface area contributed by atoms with Crippen molar-refractivity contribution < 1.29 is 4.92 Å². The molecule has 3 nitrogen and oxygen atoms in total. The van der Waals surface area contributed by atoms with Crippen molar-refractivity contribution in [3.8, 4) is 11.1 Å². The highest BCUT2D eigenvalue weighted by Crippen LogP contribution is 2.33. The number of rotatable bonds is 2. The quantitative estimate of drug-likeness (QED) is 0.599. The Hall–Kier alpha value is -1.68. The molecule has 4 heteroatoms. The van der Waals surface area contributed by atoms with E-state index in [1.807, 2.05) is 32.0 Å². The summed E-state index contributed by atoms with van der Waals surface area (Å²) < 4.78 is 1.05. The molecule has 2 aromatic rings. The van der Waals surface area contributed by atoms with Gasteiger partial charge in [-0.25, -0.2) is 0 Å². The van der Waals surface area contributed by atoms with Gasteiger partial charge in [0.1, 0.15) is 0 Å². The SMILES string of the molecule is Cc1cc(-c2ccccc2[N+](=O)[O-])cc(C)c1Br. The second-order valence-electron chi connectivity index (χ2n) is 4.20. The molecule has 0 aliphatic carbocycles. The third-order valence-corrected chi connectivity index (χ3v) is 4.10. The van der Waals surface area contributed by atoms with Crippen LogP contribution in [0.25, 0.3) is 11.1 Å². The summed E-state index contributed by atoms with van der Waals surface area (Å²) in [7, 11) is 0. The number of nitro groups is 1. The normalized spacial score (nSPS) is 10.4. The Labute approximate surface area is 114 Å².